The van der Waals surface area contributed by atoms with Gasteiger partial charge in [-0.25, -0.2) is 0 Å². The molecule has 1 aliphatic rings. The summed E-state index contributed by atoms with van der Waals surface area (Å²) in [4.78, 5) is 0. The van der Waals surface area contributed by atoms with Crippen molar-refractivity contribution in [1.29, 1.82) is 0 Å². The second kappa shape index (κ2) is 15.1. The van der Waals surface area contributed by atoms with Crippen LogP contribution in [0.3, 0.4) is 0 Å². The molecule has 5 atom stereocenters. The summed E-state index contributed by atoms with van der Waals surface area (Å²) in [6.07, 6.45) is -1.98. The highest BCUT2D eigenvalue weighted by Crippen LogP contribution is 2.32. The van der Waals surface area contributed by atoms with Crippen molar-refractivity contribution < 1.29 is 23.7 Å². The zero-order chi connectivity index (χ0) is 27.4. The highest BCUT2D eigenvalue weighted by Gasteiger charge is 2.47. The summed E-state index contributed by atoms with van der Waals surface area (Å²) in [6, 6.07) is 40.2. The molecule has 6 heteroatoms. The Morgan fingerprint density at radius 1 is 0.475 bits per heavy atom. The van der Waals surface area contributed by atoms with Gasteiger partial charge in [0.1, 0.15) is 24.4 Å². The molecule has 4 aromatic rings. The van der Waals surface area contributed by atoms with E-state index in [1.165, 1.54) is 0 Å². The zero-order valence-corrected chi connectivity index (χ0v) is 23.1. The molecule has 0 spiro atoms. The Balaban J connectivity index is 1.36. The maximum atomic E-state index is 6.86. The molecule has 0 aliphatic carbocycles. The summed E-state index contributed by atoms with van der Waals surface area (Å²) in [6.45, 7) is 1.93. The Morgan fingerprint density at radius 3 is 1.30 bits per heavy atom. The molecule has 0 aromatic heterocycles. The topological polar surface area (TPSA) is 46.2 Å². The molecular formula is C34H35ClO5. The van der Waals surface area contributed by atoms with Crippen molar-refractivity contribution in [2.24, 2.45) is 0 Å². The molecule has 0 radical (unpaired) electrons. The van der Waals surface area contributed by atoms with Crippen molar-refractivity contribution in [2.45, 2.75) is 56.4 Å². The first kappa shape index (κ1) is 28.5. The van der Waals surface area contributed by atoms with E-state index < -0.39 is 30.0 Å². The molecule has 1 heterocycles. The lowest BCUT2D eigenvalue weighted by Gasteiger charge is -2.44. The van der Waals surface area contributed by atoms with Crippen LogP contribution in [-0.4, -0.2) is 36.6 Å². The van der Waals surface area contributed by atoms with Gasteiger partial charge >= 0.3 is 0 Å². The molecule has 5 nitrogen and oxygen atoms in total. The SMILES string of the molecule is ClC1OC(COCc2ccccc2)[C@@H](OCc2ccccc2)[C@@H](OCc2ccccc2)C1OCc1ccccc1. The summed E-state index contributed by atoms with van der Waals surface area (Å²) in [5.74, 6) is 0. The Labute approximate surface area is 241 Å². The smallest absolute Gasteiger partial charge is 0.160 e. The van der Waals surface area contributed by atoms with Gasteiger partial charge in [-0.2, -0.15) is 0 Å². The number of hydrogen-bond donors (Lipinski definition) is 0. The van der Waals surface area contributed by atoms with E-state index in [4.69, 9.17) is 35.3 Å². The van der Waals surface area contributed by atoms with Gasteiger partial charge < -0.3 is 23.7 Å². The minimum absolute atomic E-state index is 0.300. The highest BCUT2D eigenvalue weighted by atomic mass is 35.5. The molecule has 0 saturated carbocycles. The van der Waals surface area contributed by atoms with Crippen molar-refractivity contribution >= 4 is 11.6 Å². The molecule has 1 aliphatic heterocycles. The fourth-order valence-electron chi connectivity index (χ4n) is 4.73. The van der Waals surface area contributed by atoms with E-state index in [2.05, 4.69) is 0 Å². The predicted octanol–water partition coefficient (Wildman–Crippen LogP) is 6.92. The normalized spacial score (nSPS) is 22.7. The van der Waals surface area contributed by atoms with Crippen LogP contribution in [0.5, 0.6) is 0 Å². The van der Waals surface area contributed by atoms with E-state index in [9.17, 15) is 0 Å². The quantitative estimate of drug-likeness (QED) is 0.167. The van der Waals surface area contributed by atoms with Crippen LogP contribution in [0, 0.1) is 0 Å². The molecule has 40 heavy (non-hydrogen) atoms. The first-order valence-corrected chi connectivity index (χ1v) is 14.1. The maximum absolute atomic E-state index is 6.86. The van der Waals surface area contributed by atoms with Crippen LogP contribution >= 0.6 is 11.6 Å². The van der Waals surface area contributed by atoms with Crippen LogP contribution in [0.15, 0.2) is 121 Å². The molecule has 1 fully saturated rings. The number of rotatable bonds is 13. The standard InChI is InChI=1S/C34H35ClO5/c35-34-33(39-24-29-19-11-4-12-20-29)32(38-23-28-17-9-3-10-18-28)31(37-22-27-15-7-2-8-16-27)30(40-34)25-36-21-26-13-5-1-6-14-26/h1-20,30-34H,21-25H2/t30?,31-,32-,33?,34?/m1/s1. The Morgan fingerprint density at radius 2 is 0.850 bits per heavy atom. The van der Waals surface area contributed by atoms with Gasteiger partial charge in [0, 0.05) is 0 Å². The second-order valence-corrected chi connectivity index (χ2v) is 10.2. The fourth-order valence-corrected chi connectivity index (χ4v) is 5.08. The van der Waals surface area contributed by atoms with E-state index in [-0.39, 0.29) is 0 Å². The van der Waals surface area contributed by atoms with Gasteiger partial charge in [-0.15, -0.1) is 0 Å². The largest absolute Gasteiger partial charge is 0.374 e. The zero-order valence-electron chi connectivity index (χ0n) is 22.4. The van der Waals surface area contributed by atoms with Crippen LogP contribution in [0.4, 0.5) is 0 Å². The van der Waals surface area contributed by atoms with Gasteiger partial charge in [-0.05, 0) is 22.3 Å². The number of benzene rings is 4. The third-order valence-electron chi connectivity index (χ3n) is 6.83. The van der Waals surface area contributed by atoms with Crippen molar-refractivity contribution in [3.8, 4) is 0 Å². The molecular weight excluding hydrogens is 524 g/mol. The summed E-state index contributed by atoms with van der Waals surface area (Å²) >= 11 is 6.86. The van der Waals surface area contributed by atoms with Crippen molar-refractivity contribution in [3.63, 3.8) is 0 Å². The number of ether oxygens (including phenoxy) is 5. The van der Waals surface area contributed by atoms with Gasteiger partial charge in [0.2, 0.25) is 0 Å². The summed E-state index contributed by atoms with van der Waals surface area (Å²) in [5, 5.41) is 0. The molecule has 0 bridgehead atoms. The van der Waals surface area contributed by atoms with Crippen molar-refractivity contribution in [1.82, 2.24) is 0 Å². The lowest BCUT2D eigenvalue weighted by atomic mass is 9.99. The van der Waals surface area contributed by atoms with Gasteiger partial charge in [-0.3, -0.25) is 0 Å². The lowest BCUT2D eigenvalue weighted by Crippen LogP contribution is -2.59. The molecule has 0 amide bonds. The van der Waals surface area contributed by atoms with E-state index in [1.54, 1.807) is 0 Å². The van der Waals surface area contributed by atoms with Gasteiger partial charge in [-0.1, -0.05) is 133 Å². The summed E-state index contributed by atoms with van der Waals surface area (Å²) in [7, 11) is 0. The molecule has 1 saturated heterocycles. The molecule has 4 aromatic carbocycles. The fraction of sp³-hybridized carbons (Fsp3) is 0.294. The third kappa shape index (κ3) is 8.24. The van der Waals surface area contributed by atoms with E-state index in [1.807, 2.05) is 121 Å². The summed E-state index contributed by atoms with van der Waals surface area (Å²) in [5.41, 5.74) is 3.50. The van der Waals surface area contributed by atoms with Crippen LogP contribution in [-0.2, 0) is 50.1 Å². The summed E-state index contributed by atoms with van der Waals surface area (Å²) < 4.78 is 31.9. The molecule has 208 valence electrons. The average molecular weight is 559 g/mol. The van der Waals surface area contributed by atoms with Crippen molar-refractivity contribution in [3.05, 3.63) is 144 Å². The lowest BCUT2D eigenvalue weighted by molar-refractivity contribution is -0.256. The predicted molar refractivity (Wildman–Crippen MR) is 156 cm³/mol. The second-order valence-electron chi connectivity index (χ2n) is 9.81. The minimum atomic E-state index is -0.744. The first-order valence-electron chi connectivity index (χ1n) is 13.6. The monoisotopic (exact) mass is 558 g/mol. The first-order chi connectivity index (χ1) is 19.8. The Bertz CT molecular complexity index is 1240. The van der Waals surface area contributed by atoms with E-state index in [0.29, 0.717) is 33.0 Å². The van der Waals surface area contributed by atoms with Crippen LogP contribution in [0.25, 0.3) is 0 Å². The van der Waals surface area contributed by atoms with Gasteiger partial charge in [0.05, 0.1) is 33.0 Å². The van der Waals surface area contributed by atoms with Crippen molar-refractivity contribution in [2.75, 3.05) is 6.61 Å². The number of alkyl halides is 1. The van der Waals surface area contributed by atoms with E-state index >= 15 is 0 Å². The minimum Gasteiger partial charge on any atom is -0.374 e. The van der Waals surface area contributed by atoms with Crippen LogP contribution in [0.2, 0.25) is 0 Å². The number of hydrogen-bond acceptors (Lipinski definition) is 5. The maximum Gasteiger partial charge on any atom is 0.160 e. The Hall–Kier alpha value is -3.03. The highest BCUT2D eigenvalue weighted by molar-refractivity contribution is 6.20. The molecule has 0 N–H and O–H groups in total. The van der Waals surface area contributed by atoms with Gasteiger partial charge in [0.15, 0.2) is 5.56 Å². The van der Waals surface area contributed by atoms with Crippen LogP contribution in [0.1, 0.15) is 22.3 Å². The average Bonchev–Trinajstić information content (AvgIpc) is 3.01. The van der Waals surface area contributed by atoms with Gasteiger partial charge in [0.25, 0.3) is 0 Å². The van der Waals surface area contributed by atoms with Crippen LogP contribution < -0.4 is 0 Å². The molecule has 5 rings (SSSR count). The number of halogens is 1. The Kier molecular flexibility index (Phi) is 10.8. The third-order valence-corrected chi connectivity index (χ3v) is 7.18. The van der Waals surface area contributed by atoms with E-state index in [0.717, 1.165) is 22.3 Å². The molecule has 3 unspecified atom stereocenters.